The largest absolute Gasteiger partial charge is 0.365 e. The number of quaternary nitrogens is 1. The van der Waals surface area contributed by atoms with Crippen LogP contribution >= 0.6 is 0 Å². The van der Waals surface area contributed by atoms with Crippen molar-refractivity contribution >= 4 is 23.4 Å². The normalized spacial score (nSPS) is 20.0. The van der Waals surface area contributed by atoms with Crippen LogP contribution in [0.25, 0.3) is 0 Å². The van der Waals surface area contributed by atoms with E-state index in [1.165, 1.54) is 19.0 Å². The Kier molecular flexibility index (Phi) is 5.90. The Morgan fingerprint density at radius 3 is 2.64 bits per heavy atom. The molecule has 150 valence electrons. The average molecular weight is 385 g/mol. The van der Waals surface area contributed by atoms with E-state index in [9.17, 15) is 4.79 Å². The predicted octanol–water partition coefficient (Wildman–Crippen LogP) is 2.12. The number of carbonyl (C=O) groups is 1. The van der Waals surface area contributed by atoms with Crippen molar-refractivity contribution in [2.24, 2.45) is 5.73 Å². The van der Waals surface area contributed by atoms with Crippen LogP contribution in [-0.2, 0) is 0 Å². The van der Waals surface area contributed by atoms with Gasteiger partial charge in [0.15, 0.2) is 5.82 Å². The Morgan fingerprint density at radius 1 is 1.21 bits per heavy atom. The summed E-state index contributed by atoms with van der Waals surface area (Å²) in [7, 11) is 6.26. The highest BCUT2D eigenvalue weighted by Crippen LogP contribution is 2.31. The number of nitrogens with two attached hydrogens (primary N) is 1. The van der Waals surface area contributed by atoms with Crippen LogP contribution in [0.3, 0.4) is 0 Å². The second kappa shape index (κ2) is 8.20. The van der Waals surface area contributed by atoms with Crippen LogP contribution in [0, 0.1) is 6.92 Å². The summed E-state index contributed by atoms with van der Waals surface area (Å²) in [5.41, 5.74) is 7.58. The van der Waals surface area contributed by atoms with Crippen LogP contribution in [0.4, 0.5) is 17.5 Å². The summed E-state index contributed by atoms with van der Waals surface area (Å²) in [6.45, 7) is 1.96. The molecule has 1 aliphatic carbocycles. The zero-order valence-corrected chi connectivity index (χ0v) is 17.1. The summed E-state index contributed by atoms with van der Waals surface area (Å²) < 4.78 is 0.533. The summed E-state index contributed by atoms with van der Waals surface area (Å²) in [5.74, 6) is 0.499. The van der Waals surface area contributed by atoms with E-state index in [0.717, 1.165) is 24.1 Å². The molecule has 2 aromatic rings. The molecular weight excluding hydrogens is 354 g/mol. The van der Waals surface area contributed by atoms with E-state index in [2.05, 4.69) is 34.7 Å². The van der Waals surface area contributed by atoms with E-state index in [1.54, 1.807) is 12.4 Å². The second-order valence-corrected chi connectivity index (χ2v) is 7.96. The van der Waals surface area contributed by atoms with Crippen molar-refractivity contribution in [2.75, 3.05) is 26.5 Å². The molecule has 1 aliphatic rings. The molecule has 8 nitrogen and oxygen atoms in total. The van der Waals surface area contributed by atoms with Crippen LogP contribution < -0.4 is 20.9 Å². The summed E-state index contributed by atoms with van der Waals surface area (Å²) in [4.78, 5) is 25.3. The Bertz CT molecular complexity index is 852. The summed E-state index contributed by atoms with van der Waals surface area (Å²) in [6.07, 6.45) is 9.66. The molecule has 3 rings (SSSR count). The van der Waals surface area contributed by atoms with Gasteiger partial charge < -0.3 is 16.4 Å². The molecule has 1 amide bonds. The highest BCUT2D eigenvalue weighted by Gasteiger charge is 2.40. The standard InChI is InChI=1S/C20H29N7O/c1-13-9-14(11-23-10-13)25-19-15(18(21)28)12-24-20(26-19)27(3,4)17-8-6-5-7-16(17)22-2/h9-12,16-17,22H,5-8H2,1-4H3,(H2-,21,24,25,26,28)/p+1. The number of hydrogen-bond acceptors (Lipinski definition) is 6. The molecule has 8 heteroatoms. The Hall–Kier alpha value is -2.58. The minimum absolute atomic E-state index is 0.263. The number of pyridine rings is 1. The van der Waals surface area contributed by atoms with Gasteiger partial charge in [0, 0.05) is 12.6 Å². The van der Waals surface area contributed by atoms with E-state index in [4.69, 9.17) is 10.7 Å². The van der Waals surface area contributed by atoms with Gasteiger partial charge in [-0.05, 0) is 38.4 Å². The van der Waals surface area contributed by atoms with Crippen molar-refractivity contribution in [1.82, 2.24) is 24.8 Å². The number of aromatic nitrogens is 3. The average Bonchev–Trinajstić information content (AvgIpc) is 2.67. The third kappa shape index (κ3) is 4.13. The fraction of sp³-hybridized carbons (Fsp3) is 0.500. The minimum Gasteiger partial charge on any atom is -0.365 e. The van der Waals surface area contributed by atoms with Gasteiger partial charge in [0.25, 0.3) is 5.91 Å². The second-order valence-electron chi connectivity index (χ2n) is 7.96. The number of likely N-dealkylation sites (N-methyl/N-ethyl adjacent to an activating group) is 2. The van der Waals surface area contributed by atoms with Crippen LogP contribution in [0.2, 0.25) is 0 Å². The molecule has 28 heavy (non-hydrogen) atoms. The molecular formula is C20H30N7O+. The molecule has 1 fully saturated rings. The zero-order chi connectivity index (χ0) is 20.3. The van der Waals surface area contributed by atoms with Crippen LogP contribution in [0.1, 0.15) is 41.6 Å². The first-order chi connectivity index (χ1) is 13.3. The van der Waals surface area contributed by atoms with E-state index in [-0.39, 0.29) is 5.56 Å². The van der Waals surface area contributed by atoms with E-state index in [1.807, 2.05) is 20.0 Å². The van der Waals surface area contributed by atoms with Gasteiger partial charge in [-0.1, -0.05) is 6.42 Å². The molecule has 0 aliphatic heterocycles. The van der Waals surface area contributed by atoms with E-state index >= 15 is 0 Å². The van der Waals surface area contributed by atoms with Crippen molar-refractivity contribution < 1.29 is 4.79 Å². The van der Waals surface area contributed by atoms with Gasteiger partial charge in [0.05, 0.1) is 38.2 Å². The smallest absolute Gasteiger partial charge is 0.330 e. The Balaban J connectivity index is 1.98. The topological polar surface area (TPSA) is 106 Å². The third-order valence-corrected chi connectivity index (χ3v) is 5.62. The number of rotatable bonds is 6. The number of primary amides is 1. The van der Waals surface area contributed by atoms with Crippen LogP contribution in [0.15, 0.2) is 24.7 Å². The molecule has 0 radical (unpaired) electrons. The van der Waals surface area contributed by atoms with Gasteiger partial charge in [-0.2, -0.15) is 9.97 Å². The Morgan fingerprint density at radius 2 is 1.96 bits per heavy atom. The lowest BCUT2D eigenvalue weighted by atomic mass is 9.88. The molecule has 2 atom stereocenters. The van der Waals surface area contributed by atoms with Gasteiger partial charge in [0.2, 0.25) is 0 Å². The number of carbonyl (C=O) groups excluding carboxylic acids is 1. The number of hydrogen-bond donors (Lipinski definition) is 3. The molecule has 0 spiro atoms. The van der Waals surface area contributed by atoms with Gasteiger partial charge in [-0.3, -0.25) is 14.3 Å². The first-order valence-corrected chi connectivity index (χ1v) is 9.70. The lowest BCUT2D eigenvalue weighted by molar-refractivity contribution is 0.1000. The van der Waals surface area contributed by atoms with Crippen LogP contribution in [-0.4, -0.2) is 54.1 Å². The van der Waals surface area contributed by atoms with Gasteiger partial charge >= 0.3 is 5.95 Å². The first kappa shape index (κ1) is 20.2. The summed E-state index contributed by atoms with van der Waals surface area (Å²) >= 11 is 0. The molecule has 0 bridgehead atoms. The van der Waals surface area contributed by atoms with Gasteiger partial charge in [-0.15, -0.1) is 0 Å². The zero-order valence-electron chi connectivity index (χ0n) is 17.1. The van der Waals surface area contributed by atoms with Crippen molar-refractivity contribution in [1.29, 1.82) is 0 Å². The van der Waals surface area contributed by atoms with Crippen molar-refractivity contribution in [3.8, 4) is 0 Å². The molecule has 4 N–H and O–H groups in total. The third-order valence-electron chi connectivity index (χ3n) is 5.62. The maximum atomic E-state index is 11.9. The molecule has 2 unspecified atom stereocenters. The lowest BCUT2D eigenvalue weighted by Gasteiger charge is -2.42. The summed E-state index contributed by atoms with van der Waals surface area (Å²) in [6, 6.07) is 2.70. The van der Waals surface area contributed by atoms with E-state index < -0.39 is 5.91 Å². The van der Waals surface area contributed by atoms with E-state index in [0.29, 0.717) is 28.3 Å². The highest BCUT2D eigenvalue weighted by atomic mass is 16.1. The number of nitrogens with zero attached hydrogens (tertiary/aromatic N) is 4. The predicted molar refractivity (Wildman–Crippen MR) is 112 cm³/mol. The highest BCUT2D eigenvalue weighted by molar-refractivity contribution is 5.98. The SMILES string of the molecule is CNC1CCCCC1[N+](C)(C)c1ncc(C(N)=O)c(Nc2cncc(C)c2)n1. The molecule has 0 aromatic carbocycles. The maximum absolute atomic E-state index is 11.9. The minimum atomic E-state index is -0.564. The monoisotopic (exact) mass is 384 g/mol. The van der Waals surface area contributed by atoms with Crippen LogP contribution in [0.5, 0.6) is 0 Å². The maximum Gasteiger partial charge on any atom is 0.330 e. The Labute approximate surface area is 166 Å². The molecule has 0 saturated heterocycles. The lowest BCUT2D eigenvalue weighted by Crippen LogP contribution is -2.60. The van der Waals surface area contributed by atoms with Crippen molar-refractivity contribution in [3.05, 3.63) is 35.8 Å². The quantitative estimate of drug-likeness (QED) is 0.659. The number of nitrogens with one attached hydrogen (secondary N) is 2. The molecule has 1 saturated carbocycles. The number of amides is 1. The van der Waals surface area contributed by atoms with Gasteiger partial charge in [-0.25, -0.2) is 0 Å². The fourth-order valence-electron chi connectivity index (χ4n) is 4.05. The first-order valence-electron chi connectivity index (χ1n) is 9.70. The van der Waals surface area contributed by atoms with Crippen molar-refractivity contribution in [3.63, 3.8) is 0 Å². The van der Waals surface area contributed by atoms with Gasteiger partial charge in [0.1, 0.15) is 11.6 Å². The molecule has 2 aromatic heterocycles. The summed E-state index contributed by atoms with van der Waals surface area (Å²) in [5, 5.41) is 6.65. The van der Waals surface area contributed by atoms with Crippen molar-refractivity contribution in [2.45, 2.75) is 44.7 Å². The fourth-order valence-corrected chi connectivity index (χ4v) is 4.05. The number of anilines is 2. The molecule has 2 heterocycles. The number of aryl methyl sites for hydroxylation is 1.